The maximum atomic E-state index is 12.4. The maximum Gasteiger partial charge on any atom is 0.261 e. The molecule has 0 aliphatic carbocycles. The van der Waals surface area contributed by atoms with Gasteiger partial charge in [0.25, 0.3) is 17.7 Å². The molecule has 0 unspecified atom stereocenters. The van der Waals surface area contributed by atoms with E-state index >= 15 is 0 Å². The second kappa shape index (κ2) is 4.78. The highest BCUT2D eigenvalue weighted by Crippen LogP contribution is 2.27. The van der Waals surface area contributed by atoms with Crippen LogP contribution in [0.1, 0.15) is 42.2 Å². The molecule has 0 spiro atoms. The third-order valence-electron chi connectivity index (χ3n) is 4.38. The molecule has 0 radical (unpaired) electrons. The molecular formula is C18H14N2O3. The number of amides is 3. The van der Waals surface area contributed by atoms with E-state index in [1.807, 2.05) is 12.1 Å². The number of fused-ring (bicyclic) bond motifs is 2. The summed E-state index contributed by atoms with van der Waals surface area (Å²) in [4.78, 5) is 39.7. The Hall–Kier alpha value is -2.95. The van der Waals surface area contributed by atoms with Crippen LogP contribution >= 0.6 is 0 Å². The smallest absolute Gasteiger partial charge is 0.261 e. The van der Waals surface area contributed by atoms with E-state index in [2.05, 4.69) is 0 Å². The summed E-state index contributed by atoms with van der Waals surface area (Å²) in [7, 11) is 1.76. The second-order valence-corrected chi connectivity index (χ2v) is 5.89. The van der Waals surface area contributed by atoms with Crippen molar-refractivity contribution in [3.63, 3.8) is 0 Å². The molecular weight excluding hydrogens is 292 g/mol. The highest BCUT2D eigenvalue weighted by Gasteiger charge is 2.35. The van der Waals surface area contributed by atoms with Crippen molar-refractivity contribution in [3.8, 4) is 0 Å². The third-order valence-corrected chi connectivity index (χ3v) is 4.38. The highest BCUT2D eigenvalue weighted by atomic mass is 16.2. The molecule has 0 bridgehead atoms. The molecule has 2 aliphatic rings. The second-order valence-electron chi connectivity index (χ2n) is 5.89. The number of imide groups is 1. The first-order valence-electron chi connectivity index (χ1n) is 7.39. The third kappa shape index (κ3) is 1.97. The minimum Gasteiger partial charge on any atom is -0.337 e. The number of carbonyl (C=O) groups is 3. The number of hydrogen-bond acceptors (Lipinski definition) is 3. The summed E-state index contributed by atoms with van der Waals surface area (Å²) in [5.41, 5.74) is 3.29. The van der Waals surface area contributed by atoms with Gasteiger partial charge >= 0.3 is 0 Å². The van der Waals surface area contributed by atoms with E-state index in [1.54, 1.807) is 42.3 Å². The van der Waals surface area contributed by atoms with Crippen LogP contribution in [0.3, 0.4) is 0 Å². The summed E-state index contributed by atoms with van der Waals surface area (Å²) in [5.74, 6) is -0.590. The van der Waals surface area contributed by atoms with Crippen molar-refractivity contribution in [2.24, 2.45) is 0 Å². The van der Waals surface area contributed by atoms with Crippen molar-refractivity contribution < 1.29 is 14.4 Å². The number of hydrogen-bond donors (Lipinski definition) is 0. The maximum absolute atomic E-state index is 12.4. The van der Waals surface area contributed by atoms with Gasteiger partial charge in [-0.25, -0.2) is 0 Å². The molecule has 2 aromatic carbocycles. The molecule has 0 fully saturated rings. The fourth-order valence-electron chi connectivity index (χ4n) is 3.16. The zero-order chi connectivity index (χ0) is 16.1. The van der Waals surface area contributed by atoms with Crippen LogP contribution in [0, 0.1) is 0 Å². The predicted molar refractivity (Wildman–Crippen MR) is 82.9 cm³/mol. The quantitative estimate of drug-likeness (QED) is 0.798. The van der Waals surface area contributed by atoms with Gasteiger partial charge in [0.05, 0.1) is 17.7 Å². The lowest BCUT2D eigenvalue weighted by atomic mass is 10.1. The fourth-order valence-corrected chi connectivity index (χ4v) is 3.16. The molecule has 5 heteroatoms. The molecule has 4 rings (SSSR count). The molecule has 114 valence electrons. The van der Waals surface area contributed by atoms with Gasteiger partial charge in [-0.05, 0) is 29.3 Å². The zero-order valence-corrected chi connectivity index (χ0v) is 12.6. The number of rotatable bonds is 2. The van der Waals surface area contributed by atoms with Crippen LogP contribution in [-0.2, 0) is 13.1 Å². The Bertz CT molecular complexity index is 837. The Kier molecular flexibility index (Phi) is 2.84. The zero-order valence-electron chi connectivity index (χ0n) is 12.6. The van der Waals surface area contributed by atoms with Gasteiger partial charge in [0.15, 0.2) is 0 Å². The summed E-state index contributed by atoms with van der Waals surface area (Å²) in [5, 5.41) is 0. The number of nitrogens with zero attached hydrogens (tertiary/aromatic N) is 2. The molecule has 2 heterocycles. The monoisotopic (exact) mass is 306 g/mol. The lowest BCUT2D eigenvalue weighted by Crippen LogP contribution is -2.29. The predicted octanol–water partition coefficient (Wildman–Crippen LogP) is 2.07. The highest BCUT2D eigenvalue weighted by molar-refractivity contribution is 6.21. The van der Waals surface area contributed by atoms with Gasteiger partial charge in [-0.1, -0.05) is 24.3 Å². The van der Waals surface area contributed by atoms with Crippen molar-refractivity contribution >= 4 is 17.7 Å². The summed E-state index contributed by atoms with van der Waals surface area (Å²) in [6.07, 6.45) is 0. The Morgan fingerprint density at radius 3 is 2.17 bits per heavy atom. The van der Waals surface area contributed by atoms with Crippen LogP contribution in [0.5, 0.6) is 0 Å². The van der Waals surface area contributed by atoms with E-state index in [0.29, 0.717) is 23.2 Å². The molecule has 23 heavy (non-hydrogen) atoms. The van der Waals surface area contributed by atoms with Gasteiger partial charge in [-0.3, -0.25) is 19.3 Å². The molecule has 0 N–H and O–H groups in total. The summed E-state index contributed by atoms with van der Waals surface area (Å²) < 4.78 is 0. The van der Waals surface area contributed by atoms with Crippen molar-refractivity contribution in [2.75, 3.05) is 7.05 Å². The van der Waals surface area contributed by atoms with Gasteiger partial charge in [0.2, 0.25) is 0 Å². The van der Waals surface area contributed by atoms with Crippen LogP contribution in [0.4, 0.5) is 0 Å². The Morgan fingerprint density at radius 1 is 0.870 bits per heavy atom. The van der Waals surface area contributed by atoms with Crippen molar-refractivity contribution in [1.29, 1.82) is 0 Å². The van der Waals surface area contributed by atoms with Crippen molar-refractivity contribution in [2.45, 2.75) is 13.1 Å². The van der Waals surface area contributed by atoms with Gasteiger partial charge in [0.1, 0.15) is 0 Å². The fraction of sp³-hybridized carbons (Fsp3) is 0.167. The van der Waals surface area contributed by atoms with Crippen LogP contribution in [-0.4, -0.2) is 34.6 Å². The average Bonchev–Trinajstić information content (AvgIpc) is 2.98. The Balaban J connectivity index is 1.65. The van der Waals surface area contributed by atoms with Crippen LogP contribution in [0.2, 0.25) is 0 Å². The molecule has 0 aromatic heterocycles. The normalized spacial score (nSPS) is 16.1. The first kappa shape index (κ1) is 13.7. The average molecular weight is 306 g/mol. The summed E-state index contributed by atoms with van der Waals surface area (Å²) in [6.45, 7) is 0.776. The van der Waals surface area contributed by atoms with E-state index in [1.165, 1.54) is 4.90 Å². The lowest BCUT2D eigenvalue weighted by molar-refractivity contribution is 0.0642. The van der Waals surface area contributed by atoms with E-state index in [0.717, 1.165) is 11.1 Å². The van der Waals surface area contributed by atoms with E-state index in [-0.39, 0.29) is 24.3 Å². The van der Waals surface area contributed by atoms with Gasteiger partial charge in [-0.15, -0.1) is 0 Å². The van der Waals surface area contributed by atoms with E-state index in [4.69, 9.17) is 0 Å². The first-order valence-corrected chi connectivity index (χ1v) is 7.39. The van der Waals surface area contributed by atoms with Crippen molar-refractivity contribution in [1.82, 2.24) is 9.80 Å². The number of benzene rings is 2. The molecule has 0 atom stereocenters. The number of carbonyl (C=O) groups excluding carboxylic acids is 3. The molecule has 5 nitrogen and oxygen atoms in total. The van der Waals surface area contributed by atoms with Gasteiger partial charge in [0, 0.05) is 19.2 Å². The molecule has 0 saturated heterocycles. The first-order chi connectivity index (χ1) is 11.1. The lowest BCUT2D eigenvalue weighted by Gasteiger charge is -2.14. The van der Waals surface area contributed by atoms with Crippen molar-refractivity contribution in [3.05, 3.63) is 70.3 Å². The SMILES string of the molecule is CN1Cc2ccc(CN3C(=O)c4ccccc4C3=O)cc2C1=O. The summed E-state index contributed by atoms with van der Waals surface area (Å²) in [6, 6.07) is 12.4. The molecule has 0 saturated carbocycles. The minimum absolute atomic E-state index is 0.0239. The largest absolute Gasteiger partial charge is 0.337 e. The molecule has 2 aliphatic heterocycles. The van der Waals surface area contributed by atoms with Crippen LogP contribution in [0.15, 0.2) is 42.5 Å². The van der Waals surface area contributed by atoms with Gasteiger partial charge < -0.3 is 4.90 Å². The van der Waals surface area contributed by atoms with Gasteiger partial charge in [-0.2, -0.15) is 0 Å². The van der Waals surface area contributed by atoms with E-state index in [9.17, 15) is 14.4 Å². The Labute approximate surface area is 133 Å². The standard InChI is InChI=1S/C18H14N2O3/c1-19-10-12-7-6-11(8-15(12)16(19)21)9-20-17(22)13-4-2-3-5-14(13)18(20)23/h2-8H,9-10H2,1H3. The summed E-state index contributed by atoms with van der Waals surface area (Å²) >= 11 is 0. The van der Waals surface area contributed by atoms with Crippen LogP contribution in [0.25, 0.3) is 0 Å². The minimum atomic E-state index is -0.283. The van der Waals surface area contributed by atoms with E-state index < -0.39 is 0 Å². The molecule has 3 amide bonds. The molecule has 2 aromatic rings. The topological polar surface area (TPSA) is 57.7 Å². The Morgan fingerprint density at radius 2 is 1.52 bits per heavy atom. The van der Waals surface area contributed by atoms with Crippen LogP contribution < -0.4 is 0 Å².